The second-order valence-electron chi connectivity index (χ2n) is 7.35. The molecular formula is C29H27IrN2O2. The quantitative estimate of drug-likeness (QED) is 0.203. The summed E-state index contributed by atoms with van der Waals surface area (Å²) in [7, 11) is 0. The van der Waals surface area contributed by atoms with Gasteiger partial charge in [0.1, 0.15) is 0 Å². The van der Waals surface area contributed by atoms with Crippen LogP contribution in [-0.2, 0) is 29.7 Å². The van der Waals surface area contributed by atoms with Crippen molar-refractivity contribution in [2.24, 2.45) is 0 Å². The Hall–Kier alpha value is -3.40. The molecule has 0 N–H and O–H groups in total. The fourth-order valence-corrected chi connectivity index (χ4v) is 2.65. The summed E-state index contributed by atoms with van der Waals surface area (Å²) in [6.07, 6.45) is 4.64. The van der Waals surface area contributed by atoms with E-state index in [9.17, 15) is 9.59 Å². The van der Waals surface area contributed by atoms with Crippen LogP contribution in [0, 0.1) is 32.4 Å². The molecule has 5 heteroatoms. The summed E-state index contributed by atoms with van der Waals surface area (Å²) in [5.74, 6) is -0.375. The predicted molar refractivity (Wildman–Crippen MR) is 132 cm³/mol. The fourth-order valence-electron chi connectivity index (χ4n) is 2.65. The molecule has 0 spiro atoms. The van der Waals surface area contributed by atoms with Crippen molar-refractivity contribution in [3.8, 4) is 22.5 Å². The summed E-state index contributed by atoms with van der Waals surface area (Å²) >= 11 is 0. The molecule has 4 aromatic rings. The van der Waals surface area contributed by atoms with E-state index in [4.69, 9.17) is 0 Å². The molecule has 34 heavy (non-hydrogen) atoms. The van der Waals surface area contributed by atoms with Gasteiger partial charge in [-0.1, -0.05) is 38.1 Å². The van der Waals surface area contributed by atoms with Crippen LogP contribution in [0.3, 0.4) is 0 Å². The van der Waals surface area contributed by atoms with Crippen LogP contribution in [0.25, 0.3) is 22.5 Å². The van der Waals surface area contributed by atoms with Gasteiger partial charge in [0.05, 0.1) is 0 Å². The largest absolute Gasteiger partial charge is 3.00 e. The number of ketones is 2. The Morgan fingerprint density at radius 3 is 1.32 bits per heavy atom. The molecule has 0 aliphatic carbocycles. The van der Waals surface area contributed by atoms with Gasteiger partial charge in [0, 0.05) is 24.0 Å². The third kappa shape index (κ3) is 11.0. The molecule has 2 heterocycles. The van der Waals surface area contributed by atoms with Crippen molar-refractivity contribution in [2.45, 2.75) is 27.7 Å². The van der Waals surface area contributed by atoms with Gasteiger partial charge in [0.15, 0.2) is 0 Å². The van der Waals surface area contributed by atoms with Crippen LogP contribution in [-0.4, -0.2) is 21.5 Å². The first-order valence-electron chi connectivity index (χ1n) is 10.5. The van der Waals surface area contributed by atoms with Crippen molar-refractivity contribution in [1.82, 2.24) is 9.97 Å². The number of pyridine rings is 2. The molecule has 0 saturated heterocycles. The molecule has 0 radical (unpaired) electrons. The van der Waals surface area contributed by atoms with Crippen LogP contribution >= 0.6 is 0 Å². The van der Waals surface area contributed by atoms with Crippen LogP contribution < -0.4 is 0 Å². The molecule has 0 unspecified atom stereocenters. The van der Waals surface area contributed by atoms with Crippen LogP contribution in [0.1, 0.15) is 25.0 Å². The number of hydrogen-bond donors (Lipinski definition) is 0. The van der Waals surface area contributed by atoms with E-state index in [1.165, 1.54) is 25.0 Å². The van der Waals surface area contributed by atoms with Gasteiger partial charge < -0.3 is 19.6 Å². The summed E-state index contributed by atoms with van der Waals surface area (Å²) in [6.45, 7) is 6.81. The molecule has 2 aromatic carbocycles. The molecule has 4 rings (SSSR count). The Balaban J connectivity index is 0.000000264. The number of aryl methyl sites for hydroxylation is 2. The maximum atomic E-state index is 9.98. The smallest absolute Gasteiger partial charge is 0.334 e. The van der Waals surface area contributed by atoms with Crippen LogP contribution in [0.2, 0.25) is 0 Å². The second kappa shape index (κ2) is 15.4. The molecule has 0 amide bonds. The van der Waals surface area contributed by atoms with Crippen molar-refractivity contribution in [1.29, 1.82) is 0 Å². The molecule has 0 aliphatic rings. The maximum Gasteiger partial charge on any atom is 3.00 e. The van der Waals surface area contributed by atoms with Gasteiger partial charge in [-0.05, 0) is 37.4 Å². The predicted octanol–water partition coefficient (Wildman–Crippen LogP) is 6.08. The number of Topliss-reactive ketones (excluding diaryl/α,β-unsaturated/α-hetero) is 2. The molecule has 0 atom stereocenters. The van der Waals surface area contributed by atoms with Crippen molar-refractivity contribution < 1.29 is 29.7 Å². The molecule has 0 fully saturated rings. The van der Waals surface area contributed by atoms with Crippen molar-refractivity contribution in [3.05, 3.63) is 115 Å². The Labute approximate surface area is 215 Å². The van der Waals surface area contributed by atoms with E-state index in [1.54, 1.807) is 12.4 Å². The number of carbonyl (C=O) groups excluding carboxylic acids is 2. The number of rotatable bonds is 4. The third-order valence-corrected chi connectivity index (χ3v) is 4.22. The van der Waals surface area contributed by atoms with Crippen LogP contribution in [0.4, 0.5) is 0 Å². The second-order valence-corrected chi connectivity index (χ2v) is 7.35. The minimum Gasteiger partial charge on any atom is -0.334 e. The SMILES string of the molecule is CC(=O)[CH-]C(C)=O.Cc1c[c-]c(-c2ccccn2)cc1.Cc1c[c-]c(-c2ccccn2)cc1.[Ir+3]. The van der Waals surface area contributed by atoms with E-state index < -0.39 is 0 Å². The Bertz CT molecular complexity index is 1040. The number of nitrogens with zero attached hydrogens (tertiary/aromatic N) is 2. The van der Waals surface area contributed by atoms with Gasteiger partial charge in [-0.3, -0.25) is 6.42 Å². The van der Waals surface area contributed by atoms with Crippen molar-refractivity contribution >= 4 is 11.6 Å². The van der Waals surface area contributed by atoms with E-state index in [-0.39, 0.29) is 31.7 Å². The topological polar surface area (TPSA) is 59.9 Å². The minimum atomic E-state index is -0.187. The summed E-state index contributed by atoms with van der Waals surface area (Å²) < 4.78 is 0. The number of benzene rings is 2. The van der Waals surface area contributed by atoms with E-state index in [0.717, 1.165) is 28.9 Å². The van der Waals surface area contributed by atoms with Crippen LogP contribution in [0.5, 0.6) is 0 Å². The van der Waals surface area contributed by atoms with Gasteiger partial charge >= 0.3 is 20.1 Å². The van der Waals surface area contributed by atoms with E-state index >= 15 is 0 Å². The standard InChI is InChI=1S/2C12H10N.C5H7O2.Ir/c2*1-10-5-7-11(8-6-10)12-4-2-3-9-13-12;1-4(6)3-5(2)7;/h2*2-7,9H,1H3;3H,1-2H3;/q3*-1;+3. The Morgan fingerprint density at radius 1 is 0.676 bits per heavy atom. The van der Waals surface area contributed by atoms with E-state index in [2.05, 4.69) is 48.1 Å². The van der Waals surface area contributed by atoms with Crippen molar-refractivity contribution in [2.75, 3.05) is 0 Å². The summed E-state index contributed by atoms with van der Waals surface area (Å²) in [4.78, 5) is 28.5. The Morgan fingerprint density at radius 2 is 1.09 bits per heavy atom. The monoisotopic (exact) mass is 628 g/mol. The average Bonchev–Trinajstić information content (AvgIpc) is 2.81. The molecule has 174 valence electrons. The zero-order chi connectivity index (χ0) is 24.1. The first-order valence-corrected chi connectivity index (χ1v) is 10.5. The van der Waals surface area contributed by atoms with Gasteiger partial charge in [0.25, 0.3) is 0 Å². The normalized spacial score (nSPS) is 9.18. The molecule has 2 aromatic heterocycles. The zero-order valence-corrected chi connectivity index (χ0v) is 22.1. The van der Waals surface area contributed by atoms with Crippen LogP contribution in [0.15, 0.2) is 85.2 Å². The molecule has 4 nitrogen and oxygen atoms in total. The summed E-state index contributed by atoms with van der Waals surface area (Å²) in [5, 5.41) is 0. The minimum absolute atomic E-state index is 0. The molecular weight excluding hydrogens is 601 g/mol. The first-order chi connectivity index (χ1) is 15.8. The fraction of sp³-hybridized carbons (Fsp3) is 0.138. The van der Waals surface area contributed by atoms with Gasteiger partial charge in [-0.2, -0.15) is 0 Å². The van der Waals surface area contributed by atoms with Gasteiger partial charge in [0.2, 0.25) is 0 Å². The number of aromatic nitrogens is 2. The van der Waals surface area contributed by atoms with E-state index in [1.807, 2.05) is 60.7 Å². The average molecular weight is 628 g/mol. The van der Waals surface area contributed by atoms with E-state index in [0.29, 0.717) is 0 Å². The summed E-state index contributed by atoms with van der Waals surface area (Å²) in [6, 6.07) is 30.3. The zero-order valence-electron chi connectivity index (χ0n) is 19.7. The number of carbonyl (C=O) groups is 2. The maximum absolute atomic E-state index is 9.98. The van der Waals surface area contributed by atoms with Gasteiger partial charge in [-0.15, -0.1) is 70.8 Å². The molecule has 0 aliphatic heterocycles. The van der Waals surface area contributed by atoms with Gasteiger partial charge in [-0.25, -0.2) is 0 Å². The molecule has 0 saturated carbocycles. The number of hydrogen-bond acceptors (Lipinski definition) is 4. The molecule has 0 bridgehead atoms. The Kier molecular flexibility index (Phi) is 13.0. The third-order valence-electron chi connectivity index (χ3n) is 4.22. The summed E-state index contributed by atoms with van der Waals surface area (Å²) in [5.41, 5.74) is 6.49. The first kappa shape index (κ1) is 28.6. The van der Waals surface area contributed by atoms with Crippen molar-refractivity contribution in [3.63, 3.8) is 0 Å².